The van der Waals surface area contributed by atoms with E-state index in [1.165, 1.54) is 31.0 Å². The molecule has 1 aromatic carbocycles. The molecule has 3 rings (SSSR count). The number of ether oxygens (including phenoxy) is 2. The summed E-state index contributed by atoms with van der Waals surface area (Å²) < 4.78 is 12.5. The molecule has 2 atom stereocenters. The molecule has 1 saturated carbocycles. The molecule has 1 N–H and O–H groups in total. The molecule has 1 amide bonds. The second kappa shape index (κ2) is 10.6. The lowest BCUT2D eigenvalue weighted by atomic mass is 9.85. The average Bonchev–Trinajstić information content (AvgIpc) is 3.16. The van der Waals surface area contributed by atoms with Crippen LogP contribution in [-0.2, 0) is 9.53 Å². The van der Waals surface area contributed by atoms with Crippen LogP contribution >= 0.6 is 11.8 Å². The van der Waals surface area contributed by atoms with Gasteiger partial charge in [0.1, 0.15) is 5.75 Å². The minimum Gasteiger partial charge on any atom is -0.497 e. The maximum absolute atomic E-state index is 12.1. The van der Waals surface area contributed by atoms with Crippen LogP contribution in [0, 0.1) is 5.92 Å². The van der Waals surface area contributed by atoms with E-state index in [0.29, 0.717) is 30.9 Å². The lowest BCUT2D eigenvalue weighted by Crippen LogP contribution is -2.28. The molecule has 1 aliphatic carbocycles. The van der Waals surface area contributed by atoms with Crippen molar-refractivity contribution in [3.63, 3.8) is 0 Å². The molecule has 0 radical (unpaired) electrons. The van der Waals surface area contributed by atoms with Gasteiger partial charge in [-0.2, -0.15) is 0 Å². The Balaban J connectivity index is 1.83. The minimum absolute atomic E-state index is 0.0238. The summed E-state index contributed by atoms with van der Waals surface area (Å²) in [7, 11) is 3.28. The second-order valence-corrected chi connectivity index (χ2v) is 8.31. The molecule has 0 aliphatic heterocycles. The third-order valence-electron chi connectivity index (χ3n) is 5.37. The Bertz CT molecular complexity index is 794. The van der Waals surface area contributed by atoms with E-state index in [0.717, 1.165) is 28.7 Å². The molecule has 7 nitrogen and oxygen atoms in total. The molecule has 0 unspecified atom stereocenters. The van der Waals surface area contributed by atoms with Crippen LogP contribution in [0.25, 0.3) is 11.4 Å². The predicted molar refractivity (Wildman–Crippen MR) is 114 cm³/mol. The zero-order valence-corrected chi connectivity index (χ0v) is 18.2. The van der Waals surface area contributed by atoms with E-state index < -0.39 is 0 Å². The molecular weight excluding hydrogens is 388 g/mol. The molecule has 1 aliphatic rings. The first-order valence-corrected chi connectivity index (χ1v) is 11.1. The van der Waals surface area contributed by atoms with Crippen molar-refractivity contribution in [2.45, 2.75) is 43.8 Å². The standard InChI is InChI=1S/C21H30N4O3S/c1-15-6-4-5-7-18(15)25-20(16-8-10-17(28-3)11-9-16)23-24-21(25)29-14-19(26)22-12-13-27-2/h8-11,15,18H,4-7,12-14H2,1-3H3,(H,22,26)/t15-,18-/m0/s1. The first-order chi connectivity index (χ1) is 14.1. The molecule has 158 valence electrons. The molecule has 1 fully saturated rings. The van der Waals surface area contributed by atoms with Gasteiger partial charge in [0.05, 0.1) is 19.5 Å². The fourth-order valence-corrected chi connectivity index (χ4v) is 4.59. The minimum atomic E-state index is -0.0238. The lowest BCUT2D eigenvalue weighted by Gasteiger charge is -2.31. The van der Waals surface area contributed by atoms with Gasteiger partial charge in [0.2, 0.25) is 5.91 Å². The lowest BCUT2D eigenvalue weighted by molar-refractivity contribution is -0.118. The Hall–Kier alpha value is -2.06. The summed E-state index contributed by atoms with van der Waals surface area (Å²) in [5, 5.41) is 12.6. The SMILES string of the molecule is COCCNC(=O)CSc1nnc(-c2ccc(OC)cc2)n1[C@H]1CCCC[C@@H]1C. The highest BCUT2D eigenvalue weighted by Gasteiger charge is 2.28. The molecule has 1 heterocycles. The summed E-state index contributed by atoms with van der Waals surface area (Å²) in [6.45, 7) is 3.32. The van der Waals surface area contributed by atoms with Gasteiger partial charge in [-0.1, -0.05) is 31.5 Å². The van der Waals surface area contributed by atoms with Gasteiger partial charge in [-0.15, -0.1) is 10.2 Å². The molecule has 8 heteroatoms. The number of nitrogens with one attached hydrogen (secondary N) is 1. The maximum Gasteiger partial charge on any atom is 0.230 e. The number of carbonyl (C=O) groups excluding carboxylic acids is 1. The second-order valence-electron chi connectivity index (χ2n) is 7.37. The number of thioether (sulfide) groups is 1. The molecular formula is C21H30N4O3S. The van der Waals surface area contributed by atoms with E-state index in [4.69, 9.17) is 9.47 Å². The topological polar surface area (TPSA) is 78.3 Å². The average molecular weight is 419 g/mol. The number of nitrogens with zero attached hydrogens (tertiary/aromatic N) is 3. The van der Waals surface area contributed by atoms with Gasteiger partial charge < -0.3 is 14.8 Å². The summed E-state index contributed by atoms with van der Waals surface area (Å²) in [6.07, 6.45) is 4.78. The zero-order valence-electron chi connectivity index (χ0n) is 17.4. The van der Waals surface area contributed by atoms with Crippen molar-refractivity contribution in [1.82, 2.24) is 20.1 Å². The first-order valence-electron chi connectivity index (χ1n) is 10.1. The molecule has 1 aromatic heterocycles. The summed E-state index contributed by atoms with van der Waals surface area (Å²) in [5.74, 6) is 2.50. The Kier molecular flexibility index (Phi) is 7.94. The Morgan fingerprint density at radius 2 is 1.97 bits per heavy atom. The molecule has 0 saturated heterocycles. The van der Waals surface area contributed by atoms with Crippen molar-refractivity contribution < 1.29 is 14.3 Å². The number of hydrogen-bond donors (Lipinski definition) is 1. The monoisotopic (exact) mass is 418 g/mol. The number of aromatic nitrogens is 3. The number of carbonyl (C=O) groups is 1. The van der Waals surface area contributed by atoms with Gasteiger partial charge in [-0.25, -0.2) is 0 Å². The number of hydrogen-bond acceptors (Lipinski definition) is 6. The van der Waals surface area contributed by atoms with Crippen LogP contribution < -0.4 is 10.1 Å². The highest BCUT2D eigenvalue weighted by Crippen LogP contribution is 2.39. The van der Waals surface area contributed by atoms with Crippen LogP contribution in [0.3, 0.4) is 0 Å². The van der Waals surface area contributed by atoms with Crippen molar-refractivity contribution >= 4 is 17.7 Å². The van der Waals surface area contributed by atoms with Crippen LogP contribution in [0.15, 0.2) is 29.4 Å². The van der Waals surface area contributed by atoms with Crippen LogP contribution in [0.2, 0.25) is 0 Å². The summed E-state index contributed by atoms with van der Waals surface area (Å²) >= 11 is 1.44. The van der Waals surface area contributed by atoms with Crippen molar-refractivity contribution in [1.29, 1.82) is 0 Å². The molecule has 0 bridgehead atoms. The summed E-state index contributed by atoms with van der Waals surface area (Å²) in [5.41, 5.74) is 1.01. The first kappa shape index (κ1) is 21.6. The van der Waals surface area contributed by atoms with Gasteiger partial charge in [0, 0.05) is 25.3 Å². The largest absolute Gasteiger partial charge is 0.497 e. The number of benzene rings is 1. The Morgan fingerprint density at radius 1 is 1.21 bits per heavy atom. The van der Waals surface area contributed by atoms with Gasteiger partial charge in [-0.3, -0.25) is 9.36 Å². The van der Waals surface area contributed by atoms with Crippen molar-refractivity contribution in [3.8, 4) is 17.1 Å². The van der Waals surface area contributed by atoms with E-state index in [9.17, 15) is 4.79 Å². The number of amides is 1. The molecule has 2 aromatic rings. The quantitative estimate of drug-likeness (QED) is 0.496. The third-order valence-corrected chi connectivity index (χ3v) is 6.31. The number of methoxy groups -OCH3 is 2. The summed E-state index contributed by atoms with van der Waals surface area (Å²) in [6, 6.07) is 8.25. The normalized spacial score (nSPS) is 19.1. The van der Waals surface area contributed by atoms with E-state index in [1.807, 2.05) is 24.3 Å². The van der Waals surface area contributed by atoms with Crippen LogP contribution in [0.4, 0.5) is 0 Å². The Morgan fingerprint density at radius 3 is 2.66 bits per heavy atom. The Labute approximate surface area is 176 Å². The van der Waals surface area contributed by atoms with Gasteiger partial charge in [0.15, 0.2) is 11.0 Å². The molecule has 0 spiro atoms. The van der Waals surface area contributed by atoms with Gasteiger partial charge in [0.25, 0.3) is 0 Å². The highest BCUT2D eigenvalue weighted by atomic mass is 32.2. The van der Waals surface area contributed by atoms with E-state index in [2.05, 4.69) is 27.0 Å². The predicted octanol–water partition coefficient (Wildman–Crippen LogP) is 3.56. The fourth-order valence-electron chi connectivity index (χ4n) is 3.77. The summed E-state index contributed by atoms with van der Waals surface area (Å²) in [4.78, 5) is 12.1. The molecule has 29 heavy (non-hydrogen) atoms. The zero-order chi connectivity index (χ0) is 20.6. The van der Waals surface area contributed by atoms with E-state index in [-0.39, 0.29) is 5.91 Å². The highest BCUT2D eigenvalue weighted by molar-refractivity contribution is 7.99. The van der Waals surface area contributed by atoms with Crippen LogP contribution in [0.5, 0.6) is 5.75 Å². The third kappa shape index (κ3) is 5.51. The van der Waals surface area contributed by atoms with Crippen molar-refractivity contribution in [2.75, 3.05) is 33.1 Å². The van der Waals surface area contributed by atoms with Gasteiger partial charge >= 0.3 is 0 Å². The smallest absolute Gasteiger partial charge is 0.230 e. The van der Waals surface area contributed by atoms with E-state index >= 15 is 0 Å². The van der Waals surface area contributed by atoms with Crippen LogP contribution in [-0.4, -0.2) is 53.8 Å². The van der Waals surface area contributed by atoms with Crippen molar-refractivity contribution in [2.24, 2.45) is 5.92 Å². The fraction of sp³-hybridized carbons (Fsp3) is 0.571. The maximum atomic E-state index is 12.1. The number of rotatable bonds is 9. The van der Waals surface area contributed by atoms with Gasteiger partial charge in [-0.05, 0) is 43.0 Å². The van der Waals surface area contributed by atoms with Crippen molar-refractivity contribution in [3.05, 3.63) is 24.3 Å². The van der Waals surface area contributed by atoms with E-state index in [1.54, 1.807) is 14.2 Å². The van der Waals surface area contributed by atoms with Crippen LogP contribution in [0.1, 0.15) is 38.6 Å².